The monoisotopic (exact) mass is 339 g/mol. The topological polar surface area (TPSA) is 68.0 Å². The minimum atomic E-state index is -0.223. The molecule has 0 atom stereocenters. The fourth-order valence-corrected chi connectivity index (χ4v) is 4.03. The zero-order valence-corrected chi connectivity index (χ0v) is 14.2. The number of amides is 1. The van der Waals surface area contributed by atoms with Gasteiger partial charge in [0.2, 0.25) is 0 Å². The molecule has 0 saturated heterocycles. The minimum Gasteiger partial charge on any atom is -0.355 e. The van der Waals surface area contributed by atoms with E-state index in [1.165, 1.54) is 17.7 Å². The lowest BCUT2D eigenvalue weighted by molar-refractivity contribution is 0.102. The van der Waals surface area contributed by atoms with Crippen molar-refractivity contribution in [2.45, 2.75) is 32.6 Å². The lowest BCUT2D eigenvalue weighted by Crippen LogP contribution is -2.13. The van der Waals surface area contributed by atoms with Crippen LogP contribution in [0.4, 0.5) is 5.13 Å². The maximum absolute atomic E-state index is 12.8. The minimum absolute atomic E-state index is 0.223. The van der Waals surface area contributed by atoms with Crippen LogP contribution in [0, 0.1) is 6.92 Å². The molecule has 4 rings (SSSR count). The number of fused-ring (bicyclic) bond motifs is 1. The van der Waals surface area contributed by atoms with Crippen molar-refractivity contribution in [1.29, 1.82) is 0 Å². The van der Waals surface area contributed by atoms with E-state index in [9.17, 15) is 4.79 Å². The molecule has 0 spiro atoms. The Hall–Kier alpha value is -2.47. The van der Waals surface area contributed by atoms with E-state index >= 15 is 0 Å². The standard InChI is InChI=1S/C18H17N3O2S/c1-11-15(16(23-21-11)12-7-3-2-4-8-12)17(22)20-18-19-13-9-5-6-10-14(13)24-18/h2-4,7-8H,5-6,9-10H2,1H3,(H,19,20,22). The van der Waals surface area contributed by atoms with Crippen LogP contribution >= 0.6 is 11.3 Å². The second-order valence-corrected chi connectivity index (χ2v) is 6.97. The van der Waals surface area contributed by atoms with E-state index in [-0.39, 0.29) is 5.91 Å². The first kappa shape index (κ1) is 15.1. The van der Waals surface area contributed by atoms with Crippen LogP contribution in [-0.4, -0.2) is 16.0 Å². The lowest BCUT2D eigenvalue weighted by Gasteiger charge is -2.06. The Morgan fingerprint density at radius 1 is 1.21 bits per heavy atom. The molecule has 1 aliphatic carbocycles. The van der Waals surface area contributed by atoms with Gasteiger partial charge in [0.25, 0.3) is 5.91 Å². The molecule has 1 aromatic carbocycles. The third-order valence-corrected chi connectivity index (χ3v) is 5.26. The van der Waals surface area contributed by atoms with E-state index in [1.807, 2.05) is 30.3 Å². The molecule has 0 unspecified atom stereocenters. The summed E-state index contributed by atoms with van der Waals surface area (Å²) in [5.41, 5.74) is 3.01. The predicted molar refractivity (Wildman–Crippen MR) is 93.4 cm³/mol. The normalized spacial score (nSPS) is 13.5. The third kappa shape index (κ3) is 2.73. The van der Waals surface area contributed by atoms with Crippen LogP contribution in [0.3, 0.4) is 0 Å². The molecule has 0 fully saturated rings. The van der Waals surface area contributed by atoms with Gasteiger partial charge in [0.15, 0.2) is 10.9 Å². The van der Waals surface area contributed by atoms with Crippen molar-refractivity contribution in [2.24, 2.45) is 0 Å². The Morgan fingerprint density at radius 2 is 2.00 bits per heavy atom. The number of nitrogens with one attached hydrogen (secondary N) is 1. The highest BCUT2D eigenvalue weighted by molar-refractivity contribution is 7.15. The van der Waals surface area contributed by atoms with Crippen LogP contribution in [0.2, 0.25) is 0 Å². The molecule has 122 valence electrons. The molecule has 1 N–H and O–H groups in total. The van der Waals surface area contributed by atoms with Gasteiger partial charge >= 0.3 is 0 Å². The van der Waals surface area contributed by atoms with Crippen LogP contribution < -0.4 is 5.32 Å². The summed E-state index contributed by atoms with van der Waals surface area (Å²) in [7, 11) is 0. The van der Waals surface area contributed by atoms with Gasteiger partial charge in [-0.25, -0.2) is 4.98 Å². The molecule has 2 aromatic heterocycles. The van der Waals surface area contributed by atoms with Crippen molar-refractivity contribution >= 4 is 22.4 Å². The van der Waals surface area contributed by atoms with Gasteiger partial charge in [-0.15, -0.1) is 11.3 Å². The summed E-state index contributed by atoms with van der Waals surface area (Å²) in [6, 6.07) is 9.54. The Balaban J connectivity index is 1.63. The SMILES string of the molecule is Cc1noc(-c2ccccc2)c1C(=O)Nc1nc2c(s1)CCCC2. The summed E-state index contributed by atoms with van der Waals surface area (Å²) >= 11 is 1.57. The van der Waals surface area contributed by atoms with E-state index < -0.39 is 0 Å². The van der Waals surface area contributed by atoms with Gasteiger partial charge in [-0.2, -0.15) is 0 Å². The molecule has 0 aliphatic heterocycles. The number of aryl methyl sites for hydroxylation is 3. The first-order valence-corrected chi connectivity index (χ1v) is 8.85. The first-order valence-electron chi connectivity index (χ1n) is 8.04. The molecule has 24 heavy (non-hydrogen) atoms. The number of aromatic nitrogens is 2. The average Bonchev–Trinajstić information content (AvgIpc) is 3.18. The Bertz CT molecular complexity index is 860. The average molecular weight is 339 g/mol. The van der Waals surface area contributed by atoms with E-state index in [1.54, 1.807) is 18.3 Å². The Kier molecular flexibility index (Phi) is 3.90. The van der Waals surface area contributed by atoms with Crippen LogP contribution in [0.1, 0.15) is 39.5 Å². The number of hydrogen-bond donors (Lipinski definition) is 1. The lowest BCUT2D eigenvalue weighted by atomic mass is 10.0. The van der Waals surface area contributed by atoms with Gasteiger partial charge in [-0.05, 0) is 32.6 Å². The molecule has 6 heteroatoms. The molecule has 5 nitrogen and oxygen atoms in total. The maximum atomic E-state index is 12.8. The zero-order valence-electron chi connectivity index (χ0n) is 13.3. The van der Waals surface area contributed by atoms with Gasteiger partial charge < -0.3 is 4.52 Å². The molecule has 0 saturated carbocycles. The highest BCUT2D eigenvalue weighted by Gasteiger charge is 2.23. The first-order chi connectivity index (χ1) is 11.7. The van der Waals surface area contributed by atoms with Gasteiger partial charge in [0.05, 0.1) is 11.4 Å². The van der Waals surface area contributed by atoms with Crippen molar-refractivity contribution in [3.05, 3.63) is 52.2 Å². The molecule has 1 amide bonds. The smallest absolute Gasteiger partial charge is 0.263 e. The molecular formula is C18H17N3O2S. The number of nitrogens with zero attached hydrogens (tertiary/aromatic N) is 2. The second kappa shape index (κ2) is 6.20. The van der Waals surface area contributed by atoms with Gasteiger partial charge in [-0.3, -0.25) is 10.1 Å². The number of carbonyl (C=O) groups excluding carboxylic acids is 1. The molecular weight excluding hydrogens is 322 g/mol. The van der Waals surface area contributed by atoms with Crippen molar-refractivity contribution < 1.29 is 9.32 Å². The van der Waals surface area contributed by atoms with E-state index in [0.29, 0.717) is 22.1 Å². The van der Waals surface area contributed by atoms with Crippen LogP contribution in [-0.2, 0) is 12.8 Å². The summed E-state index contributed by atoms with van der Waals surface area (Å²) in [5, 5.41) is 7.55. The maximum Gasteiger partial charge on any atom is 0.263 e. The third-order valence-electron chi connectivity index (χ3n) is 4.19. The van der Waals surface area contributed by atoms with Crippen molar-refractivity contribution in [3.8, 4) is 11.3 Å². The van der Waals surface area contributed by atoms with Gasteiger partial charge in [0.1, 0.15) is 5.56 Å². The quantitative estimate of drug-likeness (QED) is 0.775. The molecule has 2 heterocycles. The van der Waals surface area contributed by atoms with Crippen LogP contribution in [0.5, 0.6) is 0 Å². The zero-order chi connectivity index (χ0) is 16.5. The van der Waals surface area contributed by atoms with Crippen molar-refractivity contribution in [2.75, 3.05) is 5.32 Å². The number of thiazole rings is 1. The number of carbonyl (C=O) groups is 1. The molecule has 3 aromatic rings. The van der Waals surface area contributed by atoms with Crippen LogP contribution in [0.25, 0.3) is 11.3 Å². The van der Waals surface area contributed by atoms with E-state index in [2.05, 4.69) is 15.5 Å². The highest BCUT2D eigenvalue weighted by atomic mass is 32.1. The Morgan fingerprint density at radius 3 is 2.79 bits per heavy atom. The summed E-state index contributed by atoms with van der Waals surface area (Å²) in [6.45, 7) is 1.78. The number of benzene rings is 1. The Labute approximate surface area is 143 Å². The second-order valence-electron chi connectivity index (χ2n) is 5.89. The fraction of sp³-hybridized carbons (Fsp3) is 0.278. The number of hydrogen-bond acceptors (Lipinski definition) is 5. The van der Waals surface area contributed by atoms with E-state index in [4.69, 9.17) is 4.52 Å². The van der Waals surface area contributed by atoms with Crippen LogP contribution in [0.15, 0.2) is 34.9 Å². The summed E-state index contributed by atoms with van der Waals surface area (Å²) < 4.78 is 5.39. The summed E-state index contributed by atoms with van der Waals surface area (Å²) in [6.07, 6.45) is 4.44. The summed E-state index contributed by atoms with van der Waals surface area (Å²) in [4.78, 5) is 18.6. The highest BCUT2D eigenvalue weighted by Crippen LogP contribution is 2.31. The van der Waals surface area contributed by atoms with Crippen molar-refractivity contribution in [3.63, 3.8) is 0 Å². The molecule has 0 bridgehead atoms. The fourth-order valence-electron chi connectivity index (χ4n) is 2.99. The number of rotatable bonds is 3. The largest absolute Gasteiger partial charge is 0.355 e. The molecule has 0 radical (unpaired) electrons. The van der Waals surface area contributed by atoms with Gasteiger partial charge in [-0.1, -0.05) is 35.5 Å². The summed E-state index contributed by atoms with van der Waals surface area (Å²) in [5.74, 6) is 0.269. The predicted octanol–water partition coefficient (Wildman–Crippen LogP) is 4.24. The molecule has 1 aliphatic rings. The van der Waals surface area contributed by atoms with Crippen molar-refractivity contribution in [1.82, 2.24) is 10.1 Å². The van der Waals surface area contributed by atoms with Gasteiger partial charge in [0, 0.05) is 10.4 Å². The number of anilines is 1. The van der Waals surface area contributed by atoms with E-state index in [0.717, 1.165) is 24.1 Å².